The molecule has 1 aromatic carbocycles. The van der Waals surface area contributed by atoms with E-state index in [2.05, 4.69) is 36.9 Å². The number of fused-ring (bicyclic) bond motifs is 1. The van der Waals surface area contributed by atoms with Crippen molar-refractivity contribution in [2.75, 3.05) is 19.7 Å². The van der Waals surface area contributed by atoms with Crippen LogP contribution >= 0.6 is 0 Å². The first-order chi connectivity index (χ1) is 9.65. The summed E-state index contributed by atoms with van der Waals surface area (Å²) in [5.41, 5.74) is 10.4. The number of morpholine rings is 1. The van der Waals surface area contributed by atoms with Crippen molar-refractivity contribution in [1.29, 1.82) is 0 Å². The zero-order chi connectivity index (χ0) is 14.1. The molecule has 3 rings (SSSR count). The number of aryl methyl sites for hydroxylation is 2. The fourth-order valence-electron chi connectivity index (χ4n) is 3.59. The molecule has 1 aliphatic carbocycles. The lowest BCUT2D eigenvalue weighted by molar-refractivity contribution is -0.0571. The molecule has 110 valence electrons. The monoisotopic (exact) mass is 274 g/mol. The number of rotatable bonds is 3. The first kappa shape index (κ1) is 14.1. The van der Waals surface area contributed by atoms with Crippen LogP contribution in [-0.2, 0) is 4.74 Å². The molecule has 0 spiro atoms. The first-order valence-corrected chi connectivity index (χ1v) is 7.83. The molecule has 3 nitrogen and oxygen atoms in total. The second-order valence-electron chi connectivity index (χ2n) is 6.35. The zero-order valence-electron chi connectivity index (χ0n) is 12.6. The van der Waals surface area contributed by atoms with Crippen LogP contribution in [0.25, 0.3) is 0 Å². The predicted octanol–water partition coefficient (Wildman–Crippen LogP) is 2.56. The summed E-state index contributed by atoms with van der Waals surface area (Å²) >= 11 is 0. The highest BCUT2D eigenvalue weighted by molar-refractivity contribution is 5.31. The second kappa shape index (κ2) is 5.84. The van der Waals surface area contributed by atoms with E-state index in [0.717, 1.165) is 19.7 Å². The van der Waals surface area contributed by atoms with Gasteiger partial charge in [0.2, 0.25) is 0 Å². The molecular weight excluding hydrogens is 248 g/mol. The smallest absolute Gasteiger partial charge is 0.0730 e. The summed E-state index contributed by atoms with van der Waals surface area (Å²) in [5.74, 6) is 0. The minimum absolute atomic E-state index is 0.105. The summed E-state index contributed by atoms with van der Waals surface area (Å²) in [4.78, 5) is 2.56. The normalized spacial score (nSPS) is 28.4. The van der Waals surface area contributed by atoms with Gasteiger partial charge in [0.25, 0.3) is 0 Å². The third-order valence-corrected chi connectivity index (χ3v) is 4.99. The maximum Gasteiger partial charge on any atom is 0.0730 e. The van der Waals surface area contributed by atoms with Crippen molar-refractivity contribution in [3.05, 3.63) is 34.9 Å². The number of benzene rings is 1. The molecular formula is C17H26N2O. The predicted molar refractivity (Wildman–Crippen MR) is 81.8 cm³/mol. The molecule has 2 fully saturated rings. The third-order valence-electron chi connectivity index (χ3n) is 4.99. The zero-order valence-corrected chi connectivity index (χ0v) is 12.6. The molecule has 3 unspecified atom stereocenters. The molecule has 1 saturated heterocycles. The highest BCUT2D eigenvalue weighted by Gasteiger charge is 2.36. The van der Waals surface area contributed by atoms with Gasteiger partial charge in [0, 0.05) is 25.2 Å². The summed E-state index contributed by atoms with van der Waals surface area (Å²) in [6.07, 6.45) is 4.24. The highest BCUT2D eigenvalue weighted by atomic mass is 16.5. The molecule has 0 aromatic heterocycles. The average Bonchev–Trinajstić information content (AvgIpc) is 2.91. The third kappa shape index (κ3) is 2.76. The van der Waals surface area contributed by atoms with Crippen molar-refractivity contribution in [3.63, 3.8) is 0 Å². The van der Waals surface area contributed by atoms with Gasteiger partial charge in [-0.2, -0.15) is 0 Å². The minimum Gasteiger partial charge on any atom is -0.375 e. The average molecular weight is 274 g/mol. The largest absolute Gasteiger partial charge is 0.375 e. The lowest BCUT2D eigenvalue weighted by Gasteiger charge is -2.39. The van der Waals surface area contributed by atoms with Crippen LogP contribution in [-0.4, -0.2) is 36.7 Å². The SMILES string of the molecule is Cc1ccc(C(N)CN2CCOC3CCCC32)cc1C. The number of hydrogen-bond donors (Lipinski definition) is 1. The fourth-order valence-corrected chi connectivity index (χ4v) is 3.59. The van der Waals surface area contributed by atoms with Gasteiger partial charge >= 0.3 is 0 Å². The maximum absolute atomic E-state index is 6.45. The Morgan fingerprint density at radius 3 is 2.95 bits per heavy atom. The van der Waals surface area contributed by atoms with Gasteiger partial charge in [-0.15, -0.1) is 0 Å². The minimum atomic E-state index is 0.105. The van der Waals surface area contributed by atoms with Crippen LogP contribution in [0.1, 0.15) is 42.0 Å². The van der Waals surface area contributed by atoms with Crippen LogP contribution in [0.15, 0.2) is 18.2 Å². The van der Waals surface area contributed by atoms with Crippen molar-refractivity contribution >= 4 is 0 Å². The fraction of sp³-hybridized carbons (Fsp3) is 0.647. The van der Waals surface area contributed by atoms with Crippen LogP contribution in [0.4, 0.5) is 0 Å². The number of nitrogens with two attached hydrogens (primary N) is 1. The summed E-state index contributed by atoms with van der Waals surface area (Å²) in [5, 5.41) is 0. The van der Waals surface area contributed by atoms with E-state index in [1.807, 2.05) is 0 Å². The molecule has 1 aromatic rings. The molecule has 0 radical (unpaired) electrons. The van der Waals surface area contributed by atoms with Gasteiger partial charge in [-0.3, -0.25) is 4.90 Å². The number of hydrogen-bond acceptors (Lipinski definition) is 3. The Morgan fingerprint density at radius 2 is 2.15 bits per heavy atom. The molecule has 3 heteroatoms. The topological polar surface area (TPSA) is 38.5 Å². The van der Waals surface area contributed by atoms with Crippen molar-refractivity contribution in [2.45, 2.75) is 51.3 Å². The van der Waals surface area contributed by atoms with E-state index in [0.29, 0.717) is 12.1 Å². The molecule has 0 bridgehead atoms. The Morgan fingerprint density at radius 1 is 1.30 bits per heavy atom. The van der Waals surface area contributed by atoms with Crippen LogP contribution < -0.4 is 5.73 Å². The van der Waals surface area contributed by atoms with Crippen LogP contribution in [0.3, 0.4) is 0 Å². The van der Waals surface area contributed by atoms with Gasteiger partial charge in [-0.1, -0.05) is 18.2 Å². The van der Waals surface area contributed by atoms with E-state index < -0.39 is 0 Å². The molecule has 1 saturated carbocycles. The van der Waals surface area contributed by atoms with Crippen LogP contribution in [0.5, 0.6) is 0 Å². The summed E-state index contributed by atoms with van der Waals surface area (Å²) in [6, 6.07) is 7.31. The Kier molecular flexibility index (Phi) is 4.11. The molecule has 3 atom stereocenters. The summed E-state index contributed by atoms with van der Waals surface area (Å²) < 4.78 is 5.87. The van der Waals surface area contributed by atoms with Crippen LogP contribution in [0.2, 0.25) is 0 Å². The molecule has 20 heavy (non-hydrogen) atoms. The summed E-state index contributed by atoms with van der Waals surface area (Å²) in [7, 11) is 0. The lowest BCUT2D eigenvalue weighted by Crippen LogP contribution is -2.50. The Labute approximate surface area is 122 Å². The van der Waals surface area contributed by atoms with E-state index in [4.69, 9.17) is 10.5 Å². The van der Waals surface area contributed by atoms with Gasteiger partial charge in [-0.05, 0) is 49.8 Å². The van der Waals surface area contributed by atoms with E-state index >= 15 is 0 Å². The quantitative estimate of drug-likeness (QED) is 0.920. The summed E-state index contributed by atoms with van der Waals surface area (Å²) in [6.45, 7) is 7.15. The Bertz CT molecular complexity index is 474. The molecule has 1 heterocycles. The standard InChI is InChI=1S/C17H26N2O/c1-12-6-7-14(10-13(12)2)15(18)11-19-8-9-20-17-5-3-4-16(17)19/h6-7,10,15-17H,3-5,8-9,11,18H2,1-2H3. The Balaban J connectivity index is 1.68. The number of nitrogens with zero attached hydrogens (tertiary/aromatic N) is 1. The molecule has 0 amide bonds. The van der Waals surface area contributed by atoms with Crippen molar-refractivity contribution in [3.8, 4) is 0 Å². The number of ether oxygens (including phenoxy) is 1. The van der Waals surface area contributed by atoms with E-state index in [1.54, 1.807) is 0 Å². The van der Waals surface area contributed by atoms with E-state index in [-0.39, 0.29) is 6.04 Å². The van der Waals surface area contributed by atoms with Crippen LogP contribution in [0, 0.1) is 13.8 Å². The molecule has 2 N–H and O–H groups in total. The van der Waals surface area contributed by atoms with Gasteiger partial charge < -0.3 is 10.5 Å². The van der Waals surface area contributed by atoms with Gasteiger partial charge in [0.05, 0.1) is 12.7 Å². The van der Waals surface area contributed by atoms with Crippen molar-refractivity contribution < 1.29 is 4.74 Å². The van der Waals surface area contributed by atoms with Gasteiger partial charge in [0.15, 0.2) is 0 Å². The lowest BCUT2D eigenvalue weighted by atomic mass is 10.00. The first-order valence-electron chi connectivity index (χ1n) is 7.83. The van der Waals surface area contributed by atoms with Gasteiger partial charge in [-0.25, -0.2) is 0 Å². The maximum atomic E-state index is 6.45. The molecule has 1 aliphatic heterocycles. The van der Waals surface area contributed by atoms with E-state index in [1.165, 1.54) is 36.0 Å². The van der Waals surface area contributed by atoms with E-state index in [9.17, 15) is 0 Å². The van der Waals surface area contributed by atoms with Crippen molar-refractivity contribution in [2.24, 2.45) is 5.73 Å². The van der Waals surface area contributed by atoms with Gasteiger partial charge in [0.1, 0.15) is 0 Å². The molecule has 2 aliphatic rings. The van der Waals surface area contributed by atoms with Crippen molar-refractivity contribution in [1.82, 2.24) is 4.90 Å². The highest BCUT2D eigenvalue weighted by Crippen LogP contribution is 2.30. The second-order valence-corrected chi connectivity index (χ2v) is 6.35. The Hall–Kier alpha value is -0.900.